The summed E-state index contributed by atoms with van der Waals surface area (Å²) in [4.78, 5) is 70.4. The Morgan fingerprint density at radius 2 is 1.28 bits per heavy atom. The Morgan fingerprint density at radius 3 is 1.60 bits per heavy atom. The normalized spacial score (nSPS) is 14.9. The molecule has 25 nitrogen and oxygen atoms in total. The predicted octanol–water partition coefficient (Wildman–Crippen LogP) is -4.21. The zero-order chi connectivity index (χ0) is 44.7. The Labute approximate surface area is 326 Å². The maximum absolute atomic E-state index is 10.4. The van der Waals surface area contributed by atoms with E-state index in [-0.39, 0.29) is 30.6 Å². The minimum atomic E-state index is -1.18. The number of carboxylic acid groups (broad SMARTS) is 6. The van der Waals surface area contributed by atoms with Gasteiger partial charge in [0.15, 0.2) is 5.96 Å². The lowest BCUT2D eigenvalue weighted by Crippen LogP contribution is -2.33. The lowest BCUT2D eigenvalue weighted by atomic mass is 10.1. The molecule has 2 aromatic rings. The van der Waals surface area contributed by atoms with E-state index in [1.807, 2.05) is 0 Å². The number of aromatic hydroxyl groups is 1. The number of phenolic OH excluding ortho intramolecular Hbond substituents is 1. The van der Waals surface area contributed by atoms with Crippen molar-refractivity contribution < 1.29 is 69.6 Å². The second kappa shape index (κ2) is 32.3. The second-order valence-electron chi connectivity index (χ2n) is 11.7. The summed E-state index contributed by atoms with van der Waals surface area (Å²) in [5, 5.41) is 69.2. The molecule has 0 saturated carbocycles. The van der Waals surface area contributed by atoms with E-state index in [1.54, 1.807) is 18.3 Å². The first-order valence-electron chi connectivity index (χ1n) is 16.8. The van der Waals surface area contributed by atoms with Gasteiger partial charge in [-0.25, -0.2) is 4.98 Å². The van der Waals surface area contributed by atoms with Crippen LogP contribution < -0.4 is 45.5 Å². The number of carboxylic acids is 6. The minimum absolute atomic E-state index is 0.0129. The van der Waals surface area contributed by atoms with E-state index in [0.29, 0.717) is 19.4 Å². The van der Waals surface area contributed by atoms with Gasteiger partial charge in [-0.15, -0.1) is 0 Å². The maximum atomic E-state index is 10.4. The van der Waals surface area contributed by atoms with Crippen molar-refractivity contribution in [1.29, 1.82) is 0 Å². The molecule has 0 amide bonds. The molecule has 1 aromatic heterocycles. The van der Waals surface area contributed by atoms with E-state index in [4.69, 9.17) is 81.0 Å². The summed E-state index contributed by atoms with van der Waals surface area (Å²) >= 11 is 0. The van der Waals surface area contributed by atoms with Crippen LogP contribution in [0.5, 0.6) is 5.75 Å². The average molecular weight is 820 g/mol. The number of carbonyl (C=O) groups is 6. The number of H-pyrrole nitrogens is 1. The number of aromatic nitrogens is 2. The van der Waals surface area contributed by atoms with Gasteiger partial charge in [0.1, 0.15) is 42.0 Å². The van der Waals surface area contributed by atoms with Gasteiger partial charge in [-0.1, -0.05) is 12.1 Å². The van der Waals surface area contributed by atoms with Crippen LogP contribution in [-0.4, -0.2) is 149 Å². The van der Waals surface area contributed by atoms with Gasteiger partial charge >= 0.3 is 35.8 Å². The van der Waals surface area contributed by atoms with E-state index in [2.05, 4.69) is 20.3 Å². The summed E-state index contributed by atoms with van der Waals surface area (Å²) in [5.74, 6) is -5.71. The van der Waals surface area contributed by atoms with E-state index >= 15 is 0 Å². The van der Waals surface area contributed by atoms with E-state index < -0.39 is 72.6 Å². The number of aliphatic carboxylic acids is 6. The number of aromatic amines is 1. The average Bonchev–Trinajstić information content (AvgIpc) is 3.87. The van der Waals surface area contributed by atoms with E-state index in [9.17, 15) is 28.8 Å². The molecule has 1 saturated heterocycles. The molecule has 0 radical (unpaired) electrons. The minimum Gasteiger partial charge on any atom is -0.508 e. The van der Waals surface area contributed by atoms with Crippen molar-refractivity contribution in [3.63, 3.8) is 0 Å². The molecule has 3 rings (SSSR count). The fraction of sp³-hybridized carbons (Fsp3) is 0.500. The molecule has 24 N–H and O–H groups in total. The Morgan fingerprint density at radius 1 is 0.789 bits per heavy atom. The van der Waals surface area contributed by atoms with Gasteiger partial charge in [0.2, 0.25) is 0 Å². The number of hydrogen-bond donors (Lipinski definition) is 17. The largest absolute Gasteiger partial charge is 0.508 e. The monoisotopic (exact) mass is 819 g/mol. The number of aliphatic hydroxyl groups excluding tert-OH is 1. The van der Waals surface area contributed by atoms with Gasteiger partial charge in [0.05, 0.1) is 12.9 Å². The topological polar surface area (TPSA) is 499 Å². The first-order valence-corrected chi connectivity index (χ1v) is 16.8. The number of aliphatic imine (C=N–C) groups is 1. The molecule has 1 aliphatic heterocycles. The van der Waals surface area contributed by atoms with Gasteiger partial charge in [0.25, 0.3) is 0 Å². The Kier molecular flexibility index (Phi) is 31.4. The fourth-order valence-electron chi connectivity index (χ4n) is 3.31. The number of benzene rings is 1. The van der Waals surface area contributed by atoms with Crippen molar-refractivity contribution in [3.8, 4) is 5.75 Å². The zero-order valence-electron chi connectivity index (χ0n) is 31.3. The Bertz CT molecular complexity index is 1470. The number of nitrogens with two attached hydrogens (primary N) is 7. The third-order valence-corrected chi connectivity index (χ3v) is 6.57. The molecular formula is C32H57N11O14. The predicted molar refractivity (Wildman–Crippen MR) is 203 cm³/mol. The number of rotatable bonds is 15. The van der Waals surface area contributed by atoms with Crippen LogP contribution >= 0.6 is 0 Å². The van der Waals surface area contributed by atoms with Gasteiger partial charge in [-0.3, -0.25) is 33.8 Å². The molecule has 1 fully saturated rings. The van der Waals surface area contributed by atoms with E-state index in [0.717, 1.165) is 30.6 Å². The fourth-order valence-corrected chi connectivity index (χ4v) is 3.31. The van der Waals surface area contributed by atoms with Crippen LogP contribution in [0.25, 0.3) is 0 Å². The highest BCUT2D eigenvalue weighted by atomic mass is 16.4. The van der Waals surface area contributed by atoms with Crippen molar-refractivity contribution in [3.05, 3.63) is 48.0 Å². The van der Waals surface area contributed by atoms with Crippen LogP contribution in [0.15, 0.2) is 41.8 Å². The molecule has 324 valence electrons. The SMILES string of the molecule is C[C@H](N)C(=O)O.NC(N)=NCCC[C@H](N)C(=O)O.N[C@@H](CO)C(=O)O.N[C@@H](Cc1ccc(O)cc1)C(=O)O.N[C@@H](Cc1cnc[nH]1)C(=O)O.O=C(O)[C@@H]1CCCN1. The molecule has 6 atom stereocenters. The molecule has 25 heteroatoms. The van der Waals surface area contributed by atoms with Gasteiger partial charge in [-0.2, -0.15) is 0 Å². The highest BCUT2D eigenvalue weighted by Crippen LogP contribution is 2.10. The van der Waals surface area contributed by atoms with Crippen LogP contribution in [0, 0.1) is 0 Å². The molecule has 0 bridgehead atoms. The number of nitrogens with zero attached hydrogens (tertiary/aromatic N) is 2. The van der Waals surface area contributed by atoms with Crippen LogP contribution in [0.4, 0.5) is 0 Å². The summed E-state index contributed by atoms with van der Waals surface area (Å²) in [6, 6.07) is 1.63. The molecule has 1 aromatic carbocycles. The summed E-state index contributed by atoms with van der Waals surface area (Å²) in [6.07, 6.45) is 6.35. The molecule has 1 aliphatic rings. The van der Waals surface area contributed by atoms with Crippen molar-refractivity contribution in [1.82, 2.24) is 15.3 Å². The number of nitrogens with one attached hydrogen (secondary N) is 2. The van der Waals surface area contributed by atoms with Crippen LogP contribution in [0.1, 0.15) is 43.9 Å². The molecule has 0 unspecified atom stereocenters. The summed E-state index contributed by atoms with van der Waals surface area (Å²) in [5.41, 5.74) is 37.0. The van der Waals surface area contributed by atoms with Crippen molar-refractivity contribution in [2.45, 2.75) is 81.7 Å². The summed E-state index contributed by atoms with van der Waals surface area (Å²) in [7, 11) is 0. The first kappa shape index (κ1) is 55.4. The van der Waals surface area contributed by atoms with E-state index in [1.165, 1.54) is 25.4 Å². The van der Waals surface area contributed by atoms with Gasteiger partial charge in [-0.05, 0) is 63.3 Å². The molecule has 0 aliphatic carbocycles. The second-order valence-corrected chi connectivity index (χ2v) is 11.7. The van der Waals surface area contributed by atoms with Crippen LogP contribution in [0.3, 0.4) is 0 Å². The number of phenols is 1. The lowest BCUT2D eigenvalue weighted by Gasteiger charge is -2.05. The molecule has 0 spiro atoms. The quantitative estimate of drug-likeness (QED) is 0.0460. The standard InChI is InChI=1S/C9H11NO3.C6H14N4O2.C6H9N3O2.C5H9NO2.C3H7NO3.C3H7NO2/c10-8(9(12)13)5-6-1-3-7(11)4-2-6;7-4(5(11)12)2-1-3-10-6(8)9;7-5(6(10)11)1-4-2-8-3-9-4;7-5(8)4-2-1-3-6-4;4-2(1-5)3(6)7;1-2(4)3(5)6/h1-4,8,11H,5,10H2,(H,12,13);4H,1-3,7H2,(H,11,12)(H4,8,9,10);2-3,5H,1,7H2,(H,8,9)(H,10,11);4,6H,1-3H2,(H,7,8);2,5H,1,4H2,(H,6,7);2H,4H2,1H3,(H,5,6)/t8-;4-;5-;4-;2*2-/m000000/s1. The molecular weight excluding hydrogens is 762 g/mol. The van der Waals surface area contributed by atoms with Gasteiger partial charge in [0, 0.05) is 24.9 Å². The van der Waals surface area contributed by atoms with Crippen LogP contribution in [-0.2, 0) is 41.6 Å². The maximum Gasteiger partial charge on any atom is 0.322 e. The number of hydrogen-bond acceptors (Lipinski definition) is 16. The zero-order valence-corrected chi connectivity index (χ0v) is 31.3. The number of aliphatic hydroxyl groups is 1. The van der Waals surface area contributed by atoms with Crippen molar-refractivity contribution in [2.24, 2.45) is 45.1 Å². The highest BCUT2D eigenvalue weighted by Gasteiger charge is 2.20. The molecule has 2 heterocycles. The smallest absolute Gasteiger partial charge is 0.322 e. The summed E-state index contributed by atoms with van der Waals surface area (Å²) < 4.78 is 0. The third-order valence-electron chi connectivity index (χ3n) is 6.57. The molecule has 57 heavy (non-hydrogen) atoms. The summed E-state index contributed by atoms with van der Waals surface area (Å²) in [6.45, 7) is 2.19. The Balaban J connectivity index is -0.000000627. The van der Waals surface area contributed by atoms with Crippen molar-refractivity contribution >= 4 is 41.8 Å². The number of imidazole rings is 1. The van der Waals surface area contributed by atoms with Gasteiger partial charge < -0.3 is 91.3 Å². The van der Waals surface area contributed by atoms with Crippen LogP contribution in [0.2, 0.25) is 0 Å². The van der Waals surface area contributed by atoms with Crippen molar-refractivity contribution in [2.75, 3.05) is 19.7 Å². The first-order chi connectivity index (χ1) is 26.5. The third kappa shape index (κ3) is 33.1. The lowest BCUT2D eigenvalue weighted by molar-refractivity contribution is -0.140. The highest BCUT2D eigenvalue weighted by molar-refractivity contribution is 5.76. The number of guanidine groups is 1. The Hall–Kier alpha value is -5.96.